The highest BCUT2D eigenvalue weighted by Gasteiger charge is 2.34. The number of amides is 1. The van der Waals surface area contributed by atoms with Gasteiger partial charge in [-0.15, -0.1) is 0 Å². The first-order valence-electron chi connectivity index (χ1n) is 7.64. The molecule has 2 heterocycles. The second-order valence-electron chi connectivity index (χ2n) is 5.95. The van der Waals surface area contributed by atoms with E-state index in [2.05, 4.69) is 15.3 Å². The van der Waals surface area contributed by atoms with Gasteiger partial charge in [0.15, 0.2) is 0 Å². The van der Waals surface area contributed by atoms with E-state index in [4.69, 9.17) is 0 Å². The first kappa shape index (κ1) is 15.6. The zero-order valence-electron chi connectivity index (χ0n) is 12.6. The third-order valence-corrected chi connectivity index (χ3v) is 4.16. The Morgan fingerprint density at radius 1 is 1.43 bits per heavy atom. The normalized spacial score (nSPS) is 23.8. The first-order chi connectivity index (χ1) is 11.1. The van der Waals surface area contributed by atoms with Crippen molar-refractivity contribution in [2.75, 3.05) is 0 Å². The minimum absolute atomic E-state index is 0.118. The van der Waals surface area contributed by atoms with Crippen molar-refractivity contribution in [2.45, 2.75) is 38.0 Å². The van der Waals surface area contributed by atoms with E-state index in [1.165, 1.54) is 18.3 Å². The number of hydrogen-bond acceptors (Lipinski definition) is 4. The van der Waals surface area contributed by atoms with Gasteiger partial charge >= 0.3 is 0 Å². The van der Waals surface area contributed by atoms with Gasteiger partial charge in [0.25, 0.3) is 0 Å². The number of aliphatic hydroxyl groups is 1. The fourth-order valence-corrected chi connectivity index (χ4v) is 3.07. The smallest absolute Gasteiger partial charge is 0.226 e. The minimum atomic E-state index is -0.582. The molecule has 0 radical (unpaired) electrons. The number of halogens is 1. The molecule has 3 rings (SSSR count). The van der Waals surface area contributed by atoms with Gasteiger partial charge in [-0.3, -0.25) is 9.78 Å². The van der Waals surface area contributed by atoms with Gasteiger partial charge in [0.1, 0.15) is 5.82 Å². The molecule has 0 aromatic carbocycles. The number of carbonyl (C=O) groups is 1. The molecule has 1 aliphatic rings. The summed E-state index contributed by atoms with van der Waals surface area (Å²) >= 11 is 0. The lowest BCUT2D eigenvalue weighted by Gasteiger charge is -2.16. The number of rotatable bonds is 5. The third kappa shape index (κ3) is 3.92. The molecule has 2 N–H and O–H groups in total. The van der Waals surface area contributed by atoms with Crippen LogP contribution in [0.2, 0.25) is 0 Å². The highest BCUT2D eigenvalue weighted by Crippen LogP contribution is 2.27. The van der Waals surface area contributed by atoms with Gasteiger partial charge in [-0.25, -0.2) is 9.37 Å². The van der Waals surface area contributed by atoms with Crippen LogP contribution in [0.4, 0.5) is 4.39 Å². The van der Waals surface area contributed by atoms with Crippen molar-refractivity contribution >= 4 is 5.91 Å². The molecule has 0 bridgehead atoms. The summed E-state index contributed by atoms with van der Waals surface area (Å²) in [6, 6.07) is 2.46. The summed E-state index contributed by atoms with van der Waals surface area (Å²) in [5.41, 5.74) is 0.118. The van der Waals surface area contributed by atoms with E-state index < -0.39 is 11.9 Å². The molecule has 0 aliphatic heterocycles. The Kier molecular flexibility index (Phi) is 4.66. The number of carbonyl (C=O) groups excluding carboxylic acids is 1. The van der Waals surface area contributed by atoms with Crippen LogP contribution in [0, 0.1) is 11.7 Å². The van der Waals surface area contributed by atoms with Gasteiger partial charge in [0, 0.05) is 25.1 Å². The second-order valence-corrected chi connectivity index (χ2v) is 5.95. The summed E-state index contributed by atoms with van der Waals surface area (Å²) in [6.07, 6.45) is 7.40. The zero-order chi connectivity index (χ0) is 16.2. The average molecular weight is 318 g/mol. The van der Waals surface area contributed by atoms with Gasteiger partial charge in [0.05, 0.1) is 30.6 Å². The highest BCUT2D eigenvalue weighted by molar-refractivity contribution is 5.78. The van der Waals surface area contributed by atoms with Crippen LogP contribution >= 0.6 is 0 Å². The predicted octanol–water partition coefficient (Wildman–Crippen LogP) is 0.916. The Morgan fingerprint density at radius 2 is 2.30 bits per heavy atom. The summed E-state index contributed by atoms with van der Waals surface area (Å²) in [5, 5.41) is 12.9. The van der Waals surface area contributed by atoms with Crippen LogP contribution in [-0.4, -0.2) is 37.7 Å². The van der Waals surface area contributed by atoms with Crippen molar-refractivity contribution in [3.05, 3.63) is 48.6 Å². The molecule has 122 valence electrons. The predicted molar refractivity (Wildman–Crippen MR) is 80.8 cm³/mol. The Morgan fingerprint density at radius 3 is 3.04 bits per heavy atom. The van der Waals surface area contributed by atoms with Crippen LogP contribution < -0.4 is 5.32 Å². The Bertz CT molecular complexity index is 662. The van der Waals surface area contributed by atoms with Crippen molar-refractivity contribution < 1.29 is 14.3 Å². The number of aromatic nitrogens is 3. The average Bonchev–Trinajstić information content (AvgIpc) is 3.12. The van der Waals surface area contributed by atoms with Crippen LogP contribution in [0.15, 0.2) is 37.1 Å². The Hall–Kier alpha value is -2.28. The van der Waals surface area contributed by atoms with E-state index >= 15 is 0 Å². The van der Waals surface area contributed by atoms with Crippen LogP contribution in [-0.2, 0) is 17.8 Å². The quantitative estimate of drug-likeness (QED) is 0.859. The SMILES string of the molecule is O=C(Cc1ncccc1F)N[C@@H]1CC(Cn2ccnc2)C[C@H]1O. The molecule has 0 spiro atoms. The summed E-state index contributed by atoms with van der Waals surface area (Å²) in [5.74, 6) is -0.543. The summed E-state index contributed by atoms with van der Waals surface area (Å²) in [6.45, 7) is 0.762. The maximum absolute atomic E-state index is 13.5. The third-order valence-electron chi connectivity index (χ3n) is 4.16. The molecular formula is C16H19FN4O2. The molecule has 6 nitrogen and oxygen atoms in total. The summed E-state index contributed by atoms with van der Waals surface area (Å²) in [4.78, 5) is 19.9. The number of imidazole rings is 1. The maximum Gasteiger partial charge on any atom is 0.226 e. The lowest BCUT2D eigenvalue weighted by atomic mass is 10.1. The molecule has 7 heteroatoms. The molecular weight excluding hydrogens is 299 g/mol. The van der Waals surface area contributed by atoms with Gasteiger partial charge in [-0.1, -0.05) is 0 Å². The van der Waals surface area contributed by atoms with Crippen LogP contribution in [0.1, 0.15) is 18.5 Å². The molecule has 23 heavy (non-hydrogen) atoms. The van der Waals surface area contributed by atoms with Crippen LogP contribution in [0.25, 0.3) is 0 Å². The molecule has 2 aromatic rings. The van der Waals surface area contributed by atoms with Crippen LogP contribution in [0.5, 0.6) is 0 Å². The van der Waals surface area contributed by atoms with E-state index in [1.807, 2.05) is 10.8 Å². The van der Waals surface area contributed by atoms with E-state index in [9.17, 15) is 14.3 Å². The molecule has 1 fully saturated rings. The van der Waals surface area contributed by atoms with Crippen molar-refractivity contribution in [3.8, 4) is 0 Å². The molecule has 0 saturated heterocycles. The van der Waals surface area contributed by atoms with Crippen molar-refractivity contribution in [2.24, 2.45) is 5.92 Å². The number of nitrogens with zero attached hydrogens (tertiary/aromatic N) is 3. The number of nitrogens with one attached hydrogen (secondary N) is 1. The van der Waals surface area contributed by atoms with E-state index in [0.29, 0.717) is 12.8 Å². The molecule has 1 amide bonds. The van der Waals surface area contributed by atoms with Crippen molar-refractivity contribution in [1.82, 2.24) is 19.9 Å². The fraction of sp³-hybridized carbons (Fsp3) is 0.438. The summed E-state index contributed by atoms with van der Waals surface area (Å²) in [7, 11) is 0. The molecule has 1 unspecified atom stereocenters. The zero-order valence-corrected chi connectivity index (χ0v) is 12.6. The monoisotopic (exact) mass is 318 g/mol. The minimum Gasteiger partial charge on any atom is -0.391 e. The standard InChI is InChI=1S/C16H19FN4O2/c17-12-2-1-3-19-13(12)8-16(23)20-14-6-11(7-15(14)22)9-21-5-4-18-10-21/h1-5,10-11,14-15,22H,6-9H2,(H,20,23)/t11?,14-,15-/m1/s1. The Labute approximate surface area is 133 Å². The molecule has 3 atom stereocenters. The van der Waals surface area contributed by atoms with Gasteiger partial charge in [0.2, 0.25) is 5.91 Å². The van der Waals surface area contributed by atoms with Crippen molar-refractivity contribution in [3.63, 3.8) is 0 Å². The van der Waals surface area contributed by atoms with Gasteiger partial charge < -0.3 is 15.0 Å². The lowest BCUT2D eigenvalue weighted by Crippen LogP contribution is -2.40. The topological polar surface area (TPSA) is 80.0 Å². The van der Waals surface area contributed by atoms with E-state index in [-0.39, 0.29) is 30.0 Å². The first-order valence-corrected chi connectivity index (χ1v) is 7.64. The Balaban J connectivity index is 1.53. The van der Waals surface area contributed by atoms with Crippen molar-refractivity contribution in [1.29, 1.82) is 0 Å². The summed E-state index contributed by atoms with van der Waals surface area (Å²) < 4.78 is 15.5. The fourth-order valence-electron chi connectivity index (χ4n) is 3.07. The highest BCUT2D eigenvalue weighted by atomic mass is 19.1. The van der Waals surface area contributed by atoms with Crippen LogP contribution in [0.3, 0.4) is 0 Å². The van der Waals surface area contributed by atoms with Gasteiger partial charge in [-0.05, 0) is 30.9 Å². The van der Waals surface area contributed by atoms with E-state index in [0.717, 1.165) is 6.54 Å². The maximum atomic E-state index is 13.5. The largest absolute Gasteiger partial charge is 0.391 e. The number of pyridine rings is 1. The number of hydrogen-bond donors (Lipinski definition) is 2. The van der Waals surface area contributed by atoms with Gasteiger partial charge in [-0.2, -0.15) is 0 Å². The number of aliphatic hydroxyl groups excluding tert-OH is 1. The molecule has 1 saturated carbocycles. The lowest BCUT2D eigenvalue weighted by molar-refractivity contribution is -0.121. The second kappa shape index (κ2) is 6.87. The molecule has 2 aromatic heterocycles. The van der Waals surface area contributed by atoms with E-state index in [1.54, 1.807) is 12.5 Å². The molecule has 1 aliphatic carbocycles.